The smallest absolute Gasteiger partial charge is 0.463 e. The second-order valence-electron chi connectivity index (χ2n) is 3.77. The highest BCUT2D eigenvalue weighted by atomic mass is 19.4. The molecule has 1 unspecified atom stereocenters. The molecule has 1 saturated heterocycles. The standard InChI is InChI=1S/C8H8F5NO4/c9-7(10,8(11,12)13)6(18)14-2-3(15)1-4(14)5(16)17/h3-4,15H,1-2H2,(H,16,17)/t3?,4-/m0/s1. The van der Waals surface area contributed by atoms with Crippen molar-refractivity contribution in [1.82, 2.24) is 4.90 Å². The van der Waals surface area contributed by atoms with E-state index in [1.807, 2.05) is 0 Å². The van der Waals surface area contributed by atoms with Gasteiger partial charge in [0.1, 0.15) is 6.04 Å². The molecule has 1 amide bonds. The molecule has 0 radical (unpaired) electrons. The number of carboxylic acids is 1. The van der Waals surface area contributed by atoms with E-state index in [0.717, 1.165) is 0 Å². The predicted molar refractivity (Wildman–Crippen MR) is 44.8 cm³/mol. The lowest BCUT2D eigenvalue weighted by atomic mass is 10.2. The van der Waals surface area contributed by atoms with Crippen LogP contribution in [0.2, 0.25) is 0 Å². The third-order valence-electron chi connectivity index (χ3n) is 2.45. The molecule has 18 heavy (non-hydrogen) atoms. The molecule has 0 spiro atoms. The van der Waals surface area contributed by atoms with Crippen LogP contribution in [0.25, 0.3) is 0 Å². The molecule has 10 heteroatoms. The summed E-state index contributed by atoms with van der Waals surface area (Å²) < 4.78 is 61.4. The Morgan fingerprint density at radius 2 is 1.67 bits per heavy atom. The molecule has 1 rings (SSSR count). The first-order chi connectivity index (χ1) is 7.98. The Bertz CT molecular complexity index is 369. The van der Waals surface area contributed by atoms with E-state index in [1.54, 1.807) is 0 Å². The van der Waals surface area contributed by atoms with Crippen LogP contribution in [0, 0.1) is 0 Å². The van der Waals surface area contributed by atoms with Gasteiger partial charge >= 0.3 is 24.0 Å². The molecule has 0 aromatic rings. The van der Waals surface area contributed by atoms with Crippen LogP contribution in [-0.2, 0) is 9.59 Å². The van der Waals surface area contributed by atoms with Gasteiger partial charge in [-0.1, -0.05) is 0 Å². The molecular weight excluding hydrogens is 269 g/mol. The van der Waals surface area contributed by atoms with Crippen LogP contribution < -0.4 is 0 Å². The van der Waals surface area contributed by atoms with E-state index in [2.05, 4.69) is 0 Å². The third kappa shape index (κ3) is 2.37. The largest absolute Gasteiger partial charge is 0.480 e. The predicted octanol–water partition coefficient (Wildman–Crippen LogP) is 0.230. The van der Waals surface area contributed by atoms with Crippen molar-refractivity contribution < 1.29 is 41.8 Å². The fourth-order valence-electron chi connectivity index (χ4n) is 1.57. The molecule has 2 N–H and O–H groups in total. The Labute approximate surface area is 96.8 Å². The molecule has 1 fully saturated rings. The van der Waals surface area contributed by atoms with Crippen molar-refractivity contribution in [2.45, 2.75) is 30.7 Å². The van der Waals surface area contributed by atoms with Gasteiger partial charge in [-0.2, -0.15) is 22.0 Å². The summed E-state index contributed by atoms with van der Waals surface area (Å²) in [6.07, 6.45) is -8.14. The average molecular weight is 277 g/mol. The summed E-state index contributed by atoms with van der Waals surface area (Å²) in [4.78, 5) is 21.5. The Hall–Kier alpha value is -1.45. The van der Waals surface area contributed by atoms with Crippen LogP contribution in [-0.4, -0.2) is 57.8 Å². The molecule has 0 bridgehead atoms. The number of carbonyl (C=O) groups excluding carboxylic acids is 1. The zero-order valence-corrected chi connectivity index (χ0v) is 8.62. The second-order valence-corrected chi connectivity index (χ2v) is 3.77. The molecule has 0 aliphatic carbocycles. The first-order valence-corrected chi connectivity index (χ1v) is 4.65. The number of aliphatic carboxylic acids is 1. The summed E-state index contributed by atoms with van der Waals surface area (Å²) in [5.41, 5.74) is 0. The van der Waals surface area contributed by atoms with E-state index in [0.29, 0.717) is 0 Å². The number of carboxylic acid groups (broad SMARTS) is 1. The highest BCUT2D eigenvalue weighted by molar-refractivity contribution is 5.89. The van der Waals surface area contributed by atoms with E-state index >= 15 is 0 Å². The number of alkyl halides is 5. The van der Waals surface area contributed by atoms with Crippen molar-refractivity contribution in [2.75, 3.05) is 6.54 Å². The van der Waals surface area contributed by atoms with Gasteiger partial charge in [0.05, 0.1) is 6.10 Å². The van der Waals surface area contributed by atoms with Crippen LogP contribution in [0.1, 0.15) is 6.42 Å². The van der Waals surface area contributed by atoms with Crippen LogP contribution in [0.15, 0.2) is 0 Å². The monoisotopic (exact) mass is 277 g/mol. The molecular formula is C8H8F5NO4. The molecule has 0 saturated carbocycles. The lowest BCUT2D eigenvalue weighted by Crippen LogP contribution is -2.54. The summed E-state index contributed by atoms with van der Waals surface area (Å²) in [5.74, 6) is -10.1. The van der Waals surface area contributed by atoms with Crippen LogP contribution in [0.4, 0.5) is 22.0 Å². The molecule has 2 atom stereocenters. The normalized spacial score (nSPS) is 25.3. The van der Waals surface area contributed by atoms with Crippen LogP contribution >= 0.6 is 0 Å². The number of carbonyl (C=O) groups is 2. The van der Waals surface area contributed by atoms with Gasteiger partial charge in [0.15, 0.2) is 0 Å². The fraction of sp³-hybridized carbons (Fsp3) is 0.750. The van der Waals surface area contributed by atoms with E-state index in [1.165, 1.54) is 0 Å². The average Bonchev–Trinajstić information content (AvgIpc) is 2.57. The van der Waals surface area contributed by atoms with Gasteiger partial charge < -0.3 is 15.1 Å². The summed E-state index contributed by atoms with van der Waals surface area (Å²) in [7, 11) is 0. The number of nitrogens with zero attached hydrogens (tertiary/aromatic N) is 1. The summed E-state index contributed by atoms with van der Waals surface area (Å²) in [6.45, 7) is -0.874. The Morgan fingerprint density at radius 3 is 2.06 bits per heavy atom. The van der Waals surface area contributed by atoms with E-state index in [-0.39, 0.29) is 4.90 Å². The minimum atomic E-state index is -6.11. The number of aliphatic hydroxyl groups excluding tert-OH is 1. The van der Waals surface area contributed by atoms with Gasteiger partial charge in [0, 0.05) is 13.0 Å². The number of hydrogen-bond donors (Lipinski definition) is 2. The van der Waals surface area contributed by atoms with E-state index in [9.17, 15) is 31.5 Å². The molecule has 0 aromatic carbocycles. The first-order valence-electron chi connectivity index (χ1n) is 4.65. The van der Waals surface area contributed by atoms with Crippen molar-refractivity contribution in [1.29, 1.82) is 0 Å². The zero-order chi connectivity index (χ0) is 14.3. The highest BCUT2D eigenvalue weighted by Crippen LogP contribution is 2.38. The second kappa shape index (κ2) is 4.34. The number of halogens is 5. The van der Waals surface area contributed by atoms with Crippen LogP contribution in [0.5, 0.6) is 0 Å². The molecule has 5 nitrogen and oxygen atoms in total. The van der Waals surface area contributed by atoms with Gasteiger partial charge in [-0.15, -0.1) is 0 Å². The lowest BCUT2D eigenvalue weighted by Gasteiger charge is -2.27. The van der Waals surface area contributed by atoms with Gasteiger partial charge in [-0.05, 0) is 0 Å². The van der Waals surface area contributed by atoms with Gasteiger partial charge in [0.25, 0.3) is 0 Å². The minimum absolute atomic E-state index is 0.166. The number of rotatable bonds is 2. The number of aliphatic hydroxyl groups is 1. The summed E-state index contributed by atoms with van der Waals surface area (Å²) in [5, 5.41) is 17.6. The minimum Gasteiger partial charge on any atom is -0.480 e. The SMILES string of the molecule is O=C(O)[C@@H]1CC(O)CN1C(=O)C(F)(F)C(F)(F)F. The molecule has 0 aromatic heterocycles. The summed E-state index contributed by atoms with van der Waals surface area (Å²) >= 11 is 0. The van der Waals surface area contributed by atoms with Crippen molar-refractivity contribution in [2.24, 2.45) is 0 Å². The Morgan fingerprint density at radius 1 is 1.17 bits per heavy atom. The third-order valence-corrected chi connectivity index (χ3v) is 2.45. The van der Waals surface area contributed by atoms with E-state index < -0.39 is 49.1 Å². The van der Waals surface area contributed by atoms with Crippen LogP contribution in [0.3, 0.4) is 0 Å². The number of hydrogen-bond acceptors (Lipinski definition) is 3. The molecule has 104 valence electrons. The number of β-amino-alcohol motifs (C(OH)–C–C–N with tert-alkyl or cyclic N) is 1. The fourth-order valence-corrected chi connectivity index (χ4v) is 1.57. The van der Waals surface area contributed by atoms with Crippen molar-refractivity contribution in [3.8, 4) is 0 Å². The quantitative estimate of drug-likeness (QED) is 0.708. The number of likely N-dealkylation sites (tertiary alicyclic amines) is 1. The maximum absolute atomic E-state index is 12.7. The highest BCUT2D eigenvalue weighted by Gasteiger charge is 2.66. The molecule has 1 heterocycles. The Balaban J connectivity index is 3.00. The van der Waals surface area contributed by atoms with Crippen molar-refractivity contribution >= 4 is 11.9 Å². The molecule has 1 aliphatic rings. The maximum Gasteiger partial charge on any atom is 0.463 e. The lowest BCUT2D eigenvalue weighted by molar-refractivity contribution is -0.274. The van der Waals surface area contributed by atoms with Gasteiger partial charge in [0.2, 0.25) is 0 Å². The molecule has 1 aliphatic heterocycles. The van der Waals surface area contributed by atoms with E-state index in [4.69, 9.17) is 10.2 Å². The zero-order valence-electron chi connectivity index (χ0n) is 8.62. The summed E-state index contributed by atoms with van der Waals surface area (Å²) in [6, 6.07) is -1.89. The first kappa shape index (κ1) is 14.6. The topological polar surface area (TPSA) is 77.8 Å². The maximum atomic E-state index is 12.7. The van der Waals surface area contributed by atoms with Gasteiger partial charge in [-0.3, -0.25) is 4.79 Å². The van der Waals surface area contributed by atoms with Gasteiger partial charge in [-0.25, -0.2) is 4.79 Å². The number of amides is 1. The van der Waals surface area contributed by atoms with Crippen molar-refractivity contribution in [3.05, 3.63) is 0 Å². The van der Waals surface area contributed by atoms with Crippen molar-refractivity contribution in [3.63, 3.8) is 0 Å². The Kier molecular flexibility index (Phi) is 3.52.